The molecule has 0 atom stereocenters. The maximum absolute atomic E-state index is 13.2. The van der Waals surface area contributed by atoms with E-state index < -0.39 is 5.97 Å². The summed E-state index contributed by atoms with van der Waals surface area (Å²) in [6.07, 6.45) is 0. The van der Waals surface area contributed by atoms with Crippen molar-refractivity contribution in [2.24, 2.45) is 0 Å². The molecule has 0 radical (unpaired) electrons. The Bertz CT molecular complexity index is 807. The minimum Gasteiger partial charge on any atom is -0.487 e. The molecule has 0 unspecified atom stereocenters. The van der Waals surface area contributed by atoms with Crippen LogP contribution in [0.2, 0.25) is 0 Å². The third kappa shape index (κ3) is 4.95. The number of nitrogens with zero attached hydrogens (tertiary/aromatic N) is 2. The molecule has 1 aliphatic heterocycles. The Kier molecular flexibility index (Phi) is 6.24. The van der Waals surface area contributed by atoms with Crippen LogP contribution in [0, 0.1) is 12.7 Å². The number of hydrogen-bond acceptors (Lipinski definition) is 6. The number of aryl methyl sites for hydroxylation is 1. The number of carbonyl (C=O) groups is 1. The number of benzene rings is 1. The number of rotatable bonds is 6. The third-order valence-electron chi connectivity index (χ3n) is 4.22. The third-order valence-corrected chi connectivity index (χ3v) is 4.22. The number of morpholine rings is 1. The van der Waals surface area contributed by atoms with Crippen LogP contribution < -0.4 is 9.64 Å². The topological polar surface area (TPSA) is 60.9 Å². The Morgan fingerprint density at radius 2 is 2.04 bits per heavy atom. The molecule has 6 nitrogen and oxygen atoms in total. The Balaban J connectivity index is 1.83. The van der Waals surface area contributed by atoms with Crippen molar-refractivity contribution in [3.63, 3.8) is 0 Å². The highest BCUT2D eigenvalue weighted by Crippen LogP contribution is 2.22. The summed E-state index contributed by atoms with van der Waals surface area (Å²) in [6, 6.07) is 7.75. The molecule has 0 aliphatic carbocycles. The molecule has 1 aliphatic rings. The summed E-state index contributed by atoms with van der Waals surface area (Å²) in [5.74, 6) is 0.566. The van der Waals surface area contributed by atoms with Crippen LogP contribution in [0.15, 0.2) is 30.3 Å². The standard InChI is InChI=1S/C20H23FN2O4/c1-3-26-20(24)15-11-17(13-27-18-5-4-16(21)10-14(18)2)22-19(12-15)23-6-8-25-9-7-23/h4-5,10-12H,3,6-9,13H2,1-2H3. The number of esters is 1. The number of aromatic nitrogens is 1. The molecule has 1 aromatic carbocycles. The second-order valence-corrected chi connectivity index (χ2v) is 6.22. The zero-order chi connectivity index (χ0) is 19.2. The highest BCUT2D eigenvalue weighted by molar-refractivity contribution is 5.90. The molecule has 144 valence electrons. The number of halogens is 1. The van der Waals surface area contributed by atoms with Crippen molar-refractivity contribution in [1.82, 2.24) is 4.98 Å². The number of ether oxygens (including phenoxy) is 3. The van der Waals surface area contributed by atoms with E-state index in [9.17, 15) is 9.18 Å². The van der Waals surface area contributed by atoms with Crippen LogP contribution in [-0.2, 0) is 16.1 Å². The van der Waals surface area contributed by atoms with E-state index in [1.165, 1.54) is 12.1 Å². The summed E-state index contributed by atoms with van der Waals surface area (Å²) in [4.78, 5) is 18.9. The summed E-state index contributed by atoms with van der Waals surface area (Å²) in [6.45, 7) is 6.65. The summed E-state index contributed by atoms with van der Waals surface area (Å²) in [7, 11) is 0. The van der Waals surface area contributed by atoms with Crippen LogP contribution >= 0.6 is 0 Å². The lowest BCUT2D eigenvalue weighted by Gasteiger charge is -2.28. The number of carbonyl (C=O) groups excluding carboxylic acids is 1. The minimum atomic E-state index is -0.395. The first kappa shape index (κ1) is 19.1. The molecule has 1 aromatic heterocycles. The fraction of sp³-hybridized carbons (Fsp3) is 0.400. The first-order valence-electron chi connectivity index (χ1n) is 8.96. The van der Waals surface area contributed by atoms with Crippen molar-refractivity contribution in [2.45, 2.75) is 20.5 Å². The van der Waals surface area contributed by atoms with Gasteiger partial charge in [0.15, 0.2) is 0 Å². The average Bonchev–Trinajstić information content (AvgIpc) is 2.68. The van der Waals surface area contributed by atoms with Crippen LogP contribution in [0.25, 0.3) is 0 Å². The SMILES string of the molecule is CCOC(=O)c1cc(COc2ccc(F)cc2C)nc(N2CCOCC2)c1. The van der Waals surface area contributed by atoms with Gasteiger partial charge in [0.05, 0.1) is 31.1 Å². The number of hydrogen-bond donors (Lipinski definition) is 0. The Hall–Kier alpha value is -2.67. The molecule has 3 rings (SSSR count). The van der Waals surface area contributed by atoms with Gasteiger partial charge in [-0.2, -0.15) is 0 Å². The van der Waals surface area contributed by atoms with E-state index in [0.29, 0.717) is 61.3 Å². The summed E-state index contributed by atoms with van der Waals surface area (Å²) in [5.41, 5.74) is 1.73. The molecule has 0 spiro atoms. The maximum atomic E-state index is 13.2. The summed E-state index contributed by atoms with van der Waals surface area (Å²) >= 11 is 0. The van der Waals surface area contributed by atoms with Crippen molar-refractivity contribution in [1.29, 1.82) is 0 Å². The Morgan fingerprint density at radius 3 is 2.74 bits per heavy atom. The number of anilines is 1. The lowest BCUT2D eigenvalue weighted by atomic mass is 10.2. The van der Waals surface area contributed by atoms with Gasteiger partial charge in [0.1, 0.15) is 24.0 Å². The molecule has 0 N–H and O–H groups in total. The summed E-state index contributed by atoms with van der Waals surface area (Å²) in [5, 5.41) is 0. The molecule has 0 amide bonds. The van der Waals surface area contributed by atoms with Gasteiger partial charge in [-0.3, -0.25) is 0 Å². The average molecular weight is 374 g/mol. The molecule has 27 heavy (non-hydrogen) atoms. The van der Waals surface area contributed by atoms with Crippen LogP contribution in [0.3, 0.4) is 0 Å². The largest absolute Gasteiger partial charge is 0.487 e. The normalized spacial score (nSPS) is 14.1. The fourth-order valence-electron chi connectivity index (χ4n) is 2.86. The van der Waals surface area contributed by atoms with Crippen molar-refractivity contribution in [3.8, 4) is 5.75 Å². The van der Waals surface area contributed by atoms with E-state index in [1.54, 1.807) is 32.0 Å². The van der Waals surface area contributed by atoms with Gasteiger partial charge in [0, 0.05) is 13.1 Å². The van der Waals surface area contributed by atoms with Gasteiger partial charge in [-0.15, -0.1) is 0 Å². The van der Waals surface area contributed by atoms with Gasteiger partial charge in [0.25, 0.3) is 0 Å². The predicted molar refractivity (Wildman–Crippen MR) is 98.7 cm³/mol. The van der Waals surface area contributed by atoms with Crippen LogP contribution in [0.5, 0.6) is 5.75 Å². The molecule has 7 heteroatoms. The zero-order valence-electron chi connectivity index (χ0n) is 15.5. The molecule has 2 heterocycles. The van der Waals surface area contributed by atoms with Gasteiger partial charge in [-0.25, -0.2) is 14.2 Å². The second kappa shape index (κ2) is 8.81. The lowest BCUT2D eigenvalue weighted by Crippen LogP contribution is -2.37. The molecule has 0 saturated carbocycles. The van der Waals surface area contributed by atoms with Crippen molar-refractivity contribution >= 4 is 11.8 Å². The van der Waals surface area contributed by atoms with E-state index in [0.717, 1.165) is 0 Å². The fourth-order valence-corrected chi connectivity index (χ4v) is 2.86. The molecule has 2 aromatic rings. The first-order chi connectivity index (χ1) is 13.1. The van der Waals surface area contributed by atoms with Crippen molar-refractivity contribution in [3.05, 3.63) is 53.0 Å². The smallest absolute Gasteiger partial charge is 0.338 e. The molecular weight excluding hydrogens is 351 g/mol. The first-order valence-corrected chi connectivity index (χ1v) is 8.96. The monoisotopic (exact) mass is 374 g/mol. The summed E-state index contributed by atoms with van der Waals surface area (Å²) < 4.78 is 29.5. The zero-order valence-corrected chi connectivity index (χ0v) is 15.5. The van der Waals surface area contributed by atoms with E-state index in [2.05, 4.69) is 9.88 Å². The highest BCUT2D eigenvalue weighted by Gasteiger charge is 2.17. The van der Waals surface area contributed by atoms with E-state index in [-0.39, 0.29) is 12.4 Å². The van der Waals surface area contributed by atoms with Gasteiger partial charge in [0.2, 0.25) is 0 Å². The predicted octanol–water partition coefficient (Wildman–Crippen LogP) is 3.12. The van der Waals surface area contributed by atoms with Gasteiger partial charge in [-0.05, 0) is 49.7 Å². The highest BCUT2D eigenvalue weighted by atomic mass is 19.1. The van der Waals surface area contributed by atoms with Gasteiger partial charge in [-0.1, -0.05) is 0 Å². The van der Waals surface area contributed by atoms with Gasteiger partial charge >= 0.3 is 5.97 Å². The number of pyridine rings is 1. The van der Waals surface area contributed by atoms with E-state index in [1.807, 2.05) is 0 Å². The maximum Gasteiger partial charge on any atom is 0.338 e. The molecule has 0 bridgehead atoms. The van der Waals surface area contributed by atoms with Crippen molar-refractivity contribution < 1.29 is 23.4 Å². The second-order valence-electron chi connectivity index (χ2n) is 6.22. The van der Waals surface area contributed by atoms with Crippen LogP contribution in [0.1, 0.15) is 28.5 Å². The van der Waals surface area contributed by atoms with Gasteiger partial charge < -0.3 is 19.1 Å². The molecular formula is C20H23FN2O4. The Labute approximate surface area is 157 Å². The van der Waals surface area contributed by atoms with Crippen molar-refractivity contribution in [2.75, 3.05) is 37.8 Å². The van der Waals surface area contributed by atoms with E-state index in [4.69, 9.17) is 14.2 Å². The Morgan fingerprint density at radius 1 is 1.26 bits per heavy atom. The van der Waals surface area contributed by atoms with E-state index >= 15 is 0 Å². The van der Waals surface area contributed by atoms with Crippen LogP contribution in [-0.4, -0.2) is 43.9 Å². The molecule has 1 saturated heterocycles. The minimum absolute atomic E-state index is 0.164. The lowest BCUT2D eigenvalue weighted by molar-refractivity contribution is 0.0526. The quantitative estimate of drug-likeness (QED) is 0.724. The van der Waals surface area contributed by atoms with Crippen LogP contribution in [0.4, 0.5) is 10.2 Å². The molecule has 1 fully saturated rings.